The van der Waals surface area contributed by atoms with E-state index in [4.69, 9.17) is 4.74 Å². The standard InChI is InChI=1S/C15H15F3N2O/c1-9-10(2)20(7-13-8-21-13)19-14(9)11-3-5-12(6-4-11)15(16,17)18/h3-6,13H,7-8H2,1-2H3. The fraction of sp³-hybridized carbons (Fsp3) is 0.400. The van der Waals surface area contributed by atoms with E-state index >= 15 is 0 Å². The molecule has 1 aliphatic heterocycles. The third-order valence-electron chi connectivity index (χ3n) is 3.77. The maximum atomic E-state index is 12.6. The molecule has 2 aromatic rings. The molecule has 0 aliphatic carbocycles. The molecule has 1 atom stereocenters. The molecule has 1 aromatic carbocycles. The van der Waals surface area contributed by atoms with Crippen LogP contribution >= 0.6 is 0 Å². The molecule has 1 saturated heterocycles. The number of benzene rings is 1. The summed E-state index contributed by atoms with van der Waals surface area (Å²) in [6.45, 7) is 5.32. The van der Waals surface area contributed by atoms with Gasteiger partial charge in [-0.1, -0.05) is 12.1 Å². The fourth-order valence-electron chi connectivity index (χ4n) is 2.27. The second kappa shape index (κ2) is 4.87. The van der Waals surface area contributed by atoms with Crippen LogP contribution < -0.4 is 0 Å². The smallest absolute Gasteiger partial charge is 0.371 e. The predicted molar refractivity (Wildman–Crippen MR) is 71.9 cm³/mol. The van der Waals surface area contributed by atoms with Gasteiger partial charge in [-0.15, -0.1) is 0 Å². The maximum Gasteiger partial charge on any atom is 0.416 e. The molecule has 3 rings (SSSR count). The molecule has 2 heterocycles. The minimum atomic E-state index is -4.31. The highest BCUT2D eigenvalue weighted by atomic mass is 19.4. The van der Waals surface area contributed by atoms with E-state index in [9.17, 15) is 13.2 Å². The number of halogens is 3. The van der Waals surface area contributed by atoms with Crippen molar-refractivity contribution in [3.8, 4) is 11.3 Å². The summed E-state index contributed by atoms with van der Waals surface area (Å²) < 4.78 is 44.8. The van der Waals surface area contributed by atoms with E-state index in [1.54, 1.807) is 0 Å². The molecule has 1 aromatic heterocycles. The number of alkyl halides is 3. The van der Waals surface area contributed by atoms with Gasteiger partial charge in [0.1, 0.15) is 6.10 Å². The summed E-state index contributed by atoms with van der Waals surface area (Å²) in [5.74, 6) is 0. The Labute approximate surface area is 120 Å². The van der Waals surface area contributed by atoms with E-state index < -0.39 is 11.7 Å². The van der Waals surface area contributed by atoms with Gasteiger partial charge in [-0.2, -0.15) is 18.3 Å². The van der Waals surface area contributed by atoms with Gasteiger partial charge in [-0.3, -0.25) is 4.68 Å². The molecule has 0 radical (unpaired) electrons. The van der Waals surface area contributed by atoms with E-state index in [1.165, 1.54) is 12.1 Å². The van der Waals surface area contributed by atoms with Crippen LogP contribution in [0.15, 0.2) is 24.3 Å². The number of ether oxygens (including phenoxy) is 1. The van der Waals surface area contributed by atoms with Crippen LogP contribution in [-0.4, -0.2) is 22.5 Å². The largest absolute Gasteiger partial charge is 0.416 e. The van der Waals surface area contributed by atoms with Crippen LogP contribution in [0.5, 0.6) is 0 Å². The lowest BCUT2D eigenvalue weighted by molar-refractivity contribution is -0.137. The minimum absolute atomic E-state index is 0.212. The number of epoxide rings is 1. The van der Waals surface area contributed by atoms with Crippen molar-refractivity contribution in [2.75, 3.05) is 6.61 Å². The molecule has 0 spiro atoms. The van der Waals surface area contributed by atoms with Crippen LogP contribution in [0.1, 0.15) is 16.8 Å². The quantitative estimate of drug-likeness (QED) is 0.810. The number of rotatable bonds is 3. The zero-order valence-electron chi connectivity index (χ0n) is 11.7. The van der Waals surface area contributed by atoms with Gasteiger partial charge in [0.25, 0.3) is 0 Å². The molecule has 0 bridgehead atoms. The first-order valence-corrected chi connectivity index (χ1v) is 6.69. The van der Waals surface area contributed by atoms with Crippen LogP contribution in [0.25, 0.3) is 11.3 Å². The third kappa shape index (κ3) is 2.81. The highest BCUT2D eigenvalue weighted by Gasteiger charge is 2.30. The van der Waals surface area contributed by atoms with Crippen LogP contribution in [0.2, 0.25) is 0 Å². The van der Waals surface area contributed by atoms with Crippen molar-refractivity contribution in [1.82, 2.24) is 9.78 Å². The van der Waals surface area contributed by atoms with E-state index in [0.717, 1.165) is 35.7 Å². The Balaban J connectivity index is 1.92. The second-order valence-corrected chi connectivity index (χ2v) is 5.27. The third-order valence-corrected chi connectivity index (χ3v) is 3.77. The van der Waals surface area contributed by atoms with Gasteiger partial charge < -0.3 is 4.74 Å². The lowest BCUT2D eigenvalue weighted by Gasteiger charge is -2.07. The summed E-state index contributed by atoms with van der Waals surface area (Å²) in [6, 6.07) is 5.12. The van der Waals surface area contributed by atoms with Crippen molar-refractivity contribution in [3.63, 3.8) is 0 Å². The zero-order valence-corrected chi connectivity index (χ0v) is 11.7. The number of hydrogen-bond acceptors (Lipinski definition) is 2. The normalized spacial score (nSPS) is 18.0. The molecule has 0 N–H and O–H groups in total. The monoisotopic (exact) mass is 296 g/mol. The second-order valence-electron chi connectivity index (χ2n) is 5.27. The Hall–Kier alpha value is -1.82. The molecule has 1 unspecified atom stereocenters. The molecule has 1 fully saturated rings. The highest BCUT2D eigenvalue weighted by molar-refractivity contribution is 5.64. The molecule has 3 nitrogen and oxygen atoms in total. The average molecular weight is 296 g/mol. The van der Waals surface area contributed by atoms with Crippen molar-refractivity contribution in [1.29, 1.82) is 0 Å². The highest BCUT2D eigenvalue weighted by Crippen LogP contribution is 2.32. The SMILES string of the molecule is Cc1c(-c2ccc(C(F)(F)F)cc2)nn(CC2CO2)c1C. The average Bonchev–Trinajstić information content (AvgIpc) is 3.20. The first-order chi connectivity index (χ1) is 9.86. The summed E-state index contributed by atoms with van der Waals surface area (Å²) in [4.78, 5) is 0. The molecule has 0 saturated carbocycles. The summed E-state index contributed by atoms with van der Waals surface area (Å²) in [5.41, 5.74) is 2.77. The van der Waals surface area contributed by atoms with Gasteiger partial charge in [-0.25, -0.2) is 0 Å². The van der Waals surface area contributed by atoms with Crippen molar-refractivity contribution in [2.24, 2.45) is 0 Å². The number of aromatic nitrogens is 2. The summed E-state index contributed by atoms with van der Waals surface area (Å²) in [7, 11) is 0. The zero-order chi connectivity index (χ0) is 15.2. The van der Waals surface area contributed by atoms with E-state index in [-0.39, 0.29) is 6.10 Å². The Bertz CT molecular complexity index is 655. The first-order valence-electron chi connectivity index (χ1n) is 6.69. The predicted octanol–water partition coefficient (Wildman–Crippen LogP) is 3.58. The van der Waals surface area contributed by atoms with Gasteiger partial charge in [0, 0.05) is 11.3 Å². The maximum absolute atomic E-state index is 12.6. The van der Waals surface area contributed by atoms with Crippen LogP contribution in [0.3, 0.4) is 0 Å². The van der Waals surface area contributed by atoms with E-state index in [0.29, 0.717) is 12.1 Å². The van der Waals surface area contributed by atoms with Crippen molar-refractivity contribution in [2.45, 2.75) is 32.7 Å². The Kier molecular flexibility index (Phi) is 3.28. The van der Waals surface area contributed by atoms with Crippen LogP contribution in [0, 0.1) is 13.8 Å². The molecule has 0 amide bonds. The molecule has 112 valence electrons. The van der Waals surface area contributed by atoms with Crippen molar-refractivity contribution < 1.29 is 17.9 Å². The lowest BCUT2D eigenvalue weighted by Crippen LogP contribution is -2.07. The van der Waals surface area contributed by atoms with Gasteiger partial charge in [-0.05, 0) is 31.5 Å². The van der Waals surface area contributed by atoms with E-state index in [1.807, 2.05) is 18.5 Å². The van der Waals surface area contributed by atoms with Crippen LogP contribution in [0.4, 0.5) is 13.2 Å². The lowest BCUT2D eigenvalue weighted by atomic mass is 10.1. The minimum Gasteiger partial charge on any atom is -0.371 e. The summed E-state index contributed by atoms with van der Waals surface area (Å²) in [5, 5.41) is 4.51. The number of nitrogens with zero attached hydrogens (tertiary/aromatic N) is 2. The van der Waals surface area contributed by atoms with Crippen molar-refractivity contribution >= 4 is 0 Å². The Morgan fingerprint density at radius 2 is 1.86 bits per heavy atom. The molecular formula is C15H15F3N2O. The molecule has 21 heavy (non-hydrogen) atoms. The van der Waals surface area contributed by atoms with E-state index in [2.05, 4.69) is 5.10 Å². The Morgan fingerprint density at radius 3 is 2.38 bits per heavy atom. The molecular weight excluding hydrogens is 281 g/mol. The first kappa shape index (κ1) is 14.1. The molecule has 6 heteroatoms. The van der Waals surface area contributed by atoms with Crippen molar-refractivity contribution in [3.05, 3.63) is 41.1 Å². The molecule has 1 aliphatic rings. The number of hydrogen-bond donors (Lipinski definition) is 0. The topological polar surface area (TPSA) is 30.4 Å². The van der Waals surface area contributed by atoms with Gasteiger partial charge >= 0.3 is 6.18 Å². The summed E-state index contributed by atoms with van der Waals surface area (Å²) >= 11 is 0. The van der Waals surface area contributed by atoms with Gasteiger partial charge in [0.05, 0.1) is 24.4 Å². The summed E-state index contributed by atoms with van der Waals surface area (Å²) in [6.07, 6.45) is -4.10. The Morgan fingerprint density at radius 1 is 1.24 bits per heavy atom. The van der Waals surface area contributed by atoms with Gasteiger partial charge in [0.15, 0.2) is 0 Å². The fourth-order valence-corrected chi connectivity index (χ4v) is 2.27. The van der Waals surface area contributed by atoms with Gasteiger partial charge in [0.2, 0.25) is 0 Å². The van der Waals surface area contributed by atoms with Crippen LogP contribution in [-0.2, 0) is 17.5 Å².